The van der Waals surface area contributed by atoms with Gasteiger partial charge in [0.2, 0.25) is 0 Å². The van der Waals surface area contributed by atoms with Crippen LogP contribution in [0.5, 0.6) is 0 Å². The lowest BCUT2D eigenvalue weighted by molar-refractivity contribution is 0.504. The highest BCUT2D eigenvalue weighted by molar-refractivity contribution is 4.84. The number of hydrogen-bond acceptors (Lipinski definition) is 1. The van der Waals surface area contributed by atoms with Crippen molar-refractivity contribution in [3.63, 3.8) is 0 Å². The zero-order valence-corrected chi connectivity index (χ0v) is 8.40. The van der Waals surface area contributed by atoms with Crippen molar-refractivity contribution >= 4 is 0 Å². The second-order valence-corrected chi connectivity index (χ2v) is 3.48. The first-order valence-electron chi connectivity index (χ1n) is 4.94. The summed E-state index contributed by atoms with van der Waals surface area (Å²) >= 11 is 0. The number of rotatable bonds is 3. The summed E-state index contributed by atoms with van der Waals surface area (Å²) in [5, 5.41) is 3.20. The highest BCUT2D eigenvalue weighted by Crippen LogP contribution is 2.15. The van der Waals surface area contributed by atoms with E-state index in [1.807, 2.05) is 0 Å². The van der Waals surface area contributed by atoms with E-state index in [1.54, 1.807) is 0 Å². The number of nitrogens with one attached hydrogen (secondary N) is 1. The van der Waals surface area contributed by atoms with Gasteiger partial charge in [0.15, 0.2) is 0 Å². The van der Waals surface area contributed by atoms with E-state index in [4.69, 9.17) is 6.42 Å². The molecule has 1 N–H and O–H groups in total. The first-order valence-corrected chi connectivity index (χ1v) is 4.94. The zero-order valence-electron chi connectivity index (χ0n) is 8.40. The lowest BCUT2D eigenvalue weighted by atomic mass is 10.0. The SMILES string of the molecule is C.C#CCCNC(C)C.C1CCC1. The minimum absolute atomic E-state index is 0. The van der Waals surface area contributed by atoms with Crippen molar-refractivity contribution in [2.45, 2.75) is 59.4 Å². The van der Waals surface area contributed by atoms with Crippen LogP contribution in [0, 0.1) is 12.3 Å². The molecule has 0 bridgehead atoms. The molecule has 1 aliphatic carbocycles. The molecule has 0 aromatic heterocycles. The molecule has 0 spiro atoms. The molecule has 78 valence electrons. The zero-order chi connectivity index (χ0) is 9.23. The van der Waals surface area contributed by atoms with Crippen molar-refractivity contribution in [1.29, 1.82) is 0 Å². The second kappa shape index (κ2) is 11.5. The third-order valence-electron chi connectivity index (χ3n) is 1.82. The molecule has 0 radical (unpaired) electrons. The molecule has 0 heterocycles. The molecule has 1 saturated carbocycles. The average molecular weight is 183 g/mol. The van der Waals surface area contributed by atoms with E-state index in [-0.39, 0.29) is 7.43 Å². The molecule has 0 aromatic carbocycles. The summed E-state index contributed by atoms with van der Waals surface area (Å²) in [6.45, 7) is 5.15. The van der Waals surface area contributed by atoms with E-state index in [9.17, 15) is 0 Å². The van der Waals surface area contributed by atoms with Crippen molar-refractivity contribution in [3.05, 3.63) is 0 Å². The summed E-state index contributed by atoms with van der Waals surface area (Å²) in [5.74, 6) is 2.56. The summed E-state index contributed by atoms with van der Waals surface area (Å²) < 4.78 is 0. The van der Waals surface area contributed by atoms with Crippen LogP contribution < -0.4 is 5.32 Å². The monoisotopic (exact) mass is 183 g/mol. The second-order valence-electron chi connectivity index (χ2n) is 3.48. The van der Waals surface area contributed by atoms with Crippen LogP contribution in [0.1, 0.15) is 53.4 Å². The van der Waals surface area contributed by atoms with Gasteiger partial charge in [0.05, 0.1) is 0 Å². The molecular formula is C12H25N. The van der Waals surface area contributed by atoms with Gasteiger partial charge in [-0.2, -0.15) is 0 Å². The van der Waals surface area contributed by atoms with Gasteiger partial charge in [-0.1, -0.05) is 47.0 Å². The minimum atomic E-state index is 0. The average Bonchev–Trinajstić information content (AvgIpc) is 1.83. The summed E-state index contributed by atoms with van der Waals surface area (Å²) in [6.07, 6.45) is 11.9. The smallest absolute Gasteiger partial charge is 0.0211 e. The third kappa shape index (κ3) is 14.4. The Kier molecular flexibility index (Phi) is 13.3. The highest BCUT2D eigenvalue weighted by Gasteiger charge is 1.95. The van der Waals surface area contributed by atoms with Gasteiger partial charge < -0.3 is 5.32 Å². The van der Waals surface area contributed by atoms with Gasteiger partial charge in [0.1, 0.15) is 0 Å². The maximum Gasteiger partial charge on any atom is 0.0211 e. The number of terminal acetylenes is 1. The molecule has 0 saturated heterocycles. The van der Waals surface area contributed by atoms with Gasteiger partial charge in [0, 0.05) is 19.0 Å². The van der Waals surface area contributed by atoms with Gasteiger partial charge in [-0.15, -0.1) is 12.3 Å². The first-order chi connectivity index (χ1) is 5.77. The Hall–Kier alpha value is -0.480. The maximum absolute atomic E-state index is 5.02. The van der Waals surface area contributed by atoms with Crippen molar-refractivity contribution in [1.82, 2.24) is 5.32 Å². The van der Waals surface area contributed by atoms with Gasteiger partial charge in [-0.25, -0.2) is 0 Å². The van der Waals surface area contributed by atoms with Crippen LogP contribution in [0.3, 0.4) is 0 Å². The first kappa shape index (κ1) is 15.0. The van der Waals surface area contributed by atoms with Crippen LogP contribution >= 0.6 is 0 Å². The molecule has 0 atom stereocenters. The van der Waals surface area contributed by atoms with Crippen LogP contribution in [-0.2, 0) is 0 Å². The topological polar surface area (TPSA) is 12.0 Å². The largest absolute Gasteiger partial charge is 0.314 e. The van der Waals surface area contributed by atoms with Gasteiger partial charge >= 0.3 is 0 Å². The summed E-state index contributed by atoms with van der Waals surface area (Å²) in [6, 6.07) is 0.559. The van der Waals surface area contributed by atoms with Gasteiger partial charge in [0.25, 0.3) is 0 Å². The molecular weight excluding hydrogens is 158 g/mol. The summed E-state index contributed by atoms with van der Waals surface area (Å²) in [7, 11) is 0. The van der Waals surface area contributed by atoms with Gasteiger partial charge in [-0.05, 0) is 0 Å². The number of hydrogen-bond donors (Lipinski definition) is 1. The van der Waals surface area contributed by atoms with Crippen molar-refractivity contribution in [2.75, 3.05) is 6.54 Å². The third-order valence-corrected chi connectivity index (χ3v) is 1.82. The summed E-state index contributed by atoms with van der Waals surface area (Å²) in [4.78, 5) is 0. The Morgan fingerprint density at radius 2 is 1.69 bits per heavy atom. The normalized spacial score (nSPS) is 13.1. The molecule has 1 fully saturated rings. The highest BCUT2D eigenvalue weighted by atomic mass is 14.9. The van der Waals surface area contributed by atoms with Crippen molar-refractivity contribution in [2.24, 2.45) is 0 Å². The Balaban J connectivity index is 0. The molecule has 13 heavy (non-hydrogen) atoms. The molecule has 0 aromatic rings. The van der Waals surface area contributed by atoms with E-state index in [0.29, 0.717) is 6.04 Å². The fourth-order valence-corrected chi connectivity index (χ4v) is 0.683. The van der Waals surface area contributed by atoms with Crippen molar-refractivity contribution in [3.8, 4) is 12.3 Å². The van der Waals surface area contributed by atoms with Crippen molar-refractivity contribution < 1.29 is 0 Å². The fraction of sp³-hybridized carbons (Fsp3) is 0.833. The van der Waals surface area contributed by atoms with Crippen LogP contribution in [0.4, 0.5) is 0 Å². The van der Waals surface area contributed by atoms with E-state index in [2.05, 4.69) is 25.1 Å². The predicted octanol–water partition coefficient (Wildman–Crippen LogP) is 3.20. The molecule has 1 aliphatic rings. The molecule has 0 amide bonds. The fourth-order valence-electron chi connectivity index (χ4n) is 0.683. The minimum Gasteiger partial charge on any atom is -0.314 e. The van der Waals surface area contributed by atoms with E-state index < -0.39 is 0 Å². The van der Waals surface area contributed by atoms with E-state index >= 15 is 0 Å². The lowest BCUT2D eigenvalue weighted by Gasteiger charge is -2.05. The molecule has 0 unspecified atom stereocenters. The predicted molar refractivity (Wildman–Crippen MR) is 61.8 cm³/mol. The van der Waals surface area contributed by atoms with Crippen LogP contribution in [0.2, 0.25) is 0 Å². The Morgan fingerprint density at radius 1 is 1.23 bits per heavy atom. The van der Waals surface area contributed by atoms with Crippen LogP contribution in [0.15, 0.2) is 0 Å². The van der Waals surface area contributed by atoms with Gasteiger partial charge in [-0.3, -0.25) is 0 Å². The molecule has 0 aliphatic heterocycles. The maximum atomic E-state index is 5.02. The Morgan fingerprint density at radius 3 is 1.92 bits per heavy atom. The molecule has 1 nitrogen and oxygen atoms in total. The quantitative estimate of drug-likeness (QED) is 0.523. The lowest BCUT2D eigenvalue weighted by Crippen LogP contribution is -2.23. The summed E-state index contributed by atoms with van der Waals surface area (Å²) in [5.41, 5.74) is 0. The molecule has 1 heteroatoms. The standard InChI is InChI=1S/C7H13N.C4H8.CH4/c1-4-5-6-8-7(2)3;1-2-4-3-1;/h1,7-8H,5-6H2,2-3H3;1-4H2;1H4. The Bertz CT molecular complexity index is 114. The van der Waals surface area contributed by atoms with E-state index in [1.165, 1.54) is 25.7 Å². The van der Waals surface area contributed by atoms with Crippen LogP contribution in [0.25, 0.3) is 0 Å². The molecule has 1 rings (SSSR count). The van der Waals surface area contributed by atoms with Crippen LogP contribution in [-0.4, -0.2) is 12.6 Å². The van der Waals surface area contributed by atoms with E-state index in [0.717, 1.165) is 13.0 Å². The Labute approximate surface area is 84.3 Å².